The van der Waals surface area contributed by atoms with Crippen LogP contribution in [-0.4, -0.2) is 34.2 Å². The van der Waals surface area contributed by atoms with Crippen LogP contribution in [0.1, 0.15) is 10.4 Å². The van der Waals surface area contributed by atoms with Crippen LogP contribution in [0, 0.1) is 0 Å². The molecular formula is C19H20ClNO5. The van der Waals surface area contributed by atoms with Crippen molar-refractivity contribution in [2.75, 3.05) is 33.8 Å². The number of ether oxygens (including phenoxy) is 4. The van der Waals surface area contributed by atoms with Crippen LogP contribution in [0.5, 0.6) is 23.0 Å². The van der Waals surface area contributed by atoms with Crippen LogP contribution in [0.4, 0.5) is 5.69 Å². The van der Waals surface area contributed by atoms with Crippen molar-refractivity contribution in [1.29, 1.82) is 0 Å². The van der Waals surface area contributed by atoms with E-state index >= 15 is 0 Å². The molecule has 0 radical (unpaired) electrons. The van der Waals surface area contributed by atoms with E-state index in [1.807, 2.05) is 0 Å². The molecule has 0 aliphatic carbocycles. The average Bonchev–Trinajstić information content (AvgIpc) is 2.67. The molecule has 0 fully saturated rings. The quantitative estimate of drug-likeness (QED) is 0.550. The summed E-state index contributed by atoms with van der Waals surface area (Å²) in [6, 6.07) is 8.29. The van der Waals surface area contributed by atoms with Crippen molar-refractivity contribution in [1.82, 2.24) is 0 Å². The van der Waals surface area contributed by atoms with E-state index in [1.165, 1.54) is 40.7 Å². The lowest BCUT2D eigenvalue weighted by atomic mass is 10.1. The fourth-order valence-electron chi connectivity index (χ4n) is 2.27. The second kappa shape index (κ2) is 9.01. The first kappa shape index (κ1) is 19.5. The molecule has 0 unspecified atom stereocenters. The Hall–Kier alpha value is -2.86. The van der Waals surface area contributed by atoms with E-state index in [2.05, 4.69) is 5.32 Å². The Morgan fingerprint density at radius 2 is 1.54 bits per heavy atom. The SMILES string of the molecule is COc1cc(OC)c(N/C=C/C(=O)c2ccc(OC)c(OC)c2)cc1Cl. The van der Waals surface area contributed by atoms with E-state index < -0.39 is 0 Å². The highest BCUT2D eigenvalue weighted by atomic mass is 35.5. The van der Waals surface area contributed by atoms with Gasteiger partial charge in [-0.05, 0) is 24.3 Å². The number of halogens is 1. The summed E-state index contributed by atoms with van der Waals surface area (Å²) in [5.41, 5.74) is 1.08. The second-order valence-corrected chi connectivity index (χ2v) is 5.51. The maximum atomic E-state index is 12.3. The van der Waals surface area contributed by atoms with Crippen LogP contribution < -0.4 is 24.3 Å². The standard InChI is InChI=1S/C19H20ClNO5/c1-23-16-6-5-12(9-19(16)26-4)15(22)7-8-21-14-10-13(20)17(24-2)11-18(14)25-3/h5-11,21H,1-4H3/b8-7+. The van der Waals surface area contributed by atoms with Gasteiger partial charge in [0.1, 0.15) is 11.5 Å². The summed E-state index contributed by atoms with van der Waals surface area (Å²) in [4.78, 5) is 12.3. The zero-order valence-electron chi connectivity index (χ0n) is 15.0. The molecule has 0 aliphatic heterocycles. The molecule has 0 saturated heterocycles. The van der Waals surface area contributed by atoms with Gasteiger partial charge in [-0.1, -0.05) is 11.6 Å². The van der Waals surface area contributed by atoms with E-state index in [0.717, 1.165) is 0 Å². The minimum absolute atomic E-state index is 0.197. The topological polar surface area (TPSA) is 66.0 Å². The molecule has 138 valence electrons. The molecule has 0 aromatic heterocycles. The average molecular weight is 378 g/mol. The van der Waals surface area contributed by atoms with Crippen LogP contribution in [0.3, 0.4) is 0 Å². The summed E-state index contributed by atoms with van der Waals surface area (Å²) in [6.07, 6.45) is 2.92. The van der Waals surface area contributed by atoms with Gasteiger partial charge >= 0.3 is 0 Å². The molecule has 1 N–H and O–H groups in total. The molecule has 0 saturated carbocycles. The number of rotatable bonds is 8. The largest absolute Gasteiger partial charge is 0.495 e. The number of ketones is 1. The minimum Gasteiger partial charge on any atom is -0.495 e. The van der Waals surface area contributed by atoms with E-state index in [4.69, 9.17) is 30.5 Å². The third-order valence-corrected chi connectivity index (χ3v) is 3.91. The molecule has 2 aromatic rings. The number of benzene rings is 2. The van der Waals surface area contributed by atoms with Crippen molar-refractivity contribution in [3.63, 3.8) is 0 Å². The lowest BCUT2D eigenvalue weighted by Gasteiger charge is -2.11. The van der Waals surface area contributed by atoms with Gasteiger partial charge in [-0.2, -0.15) is 0 Å². The highest BCUT2D eigenvalue weighted by Crippen LogP contribution is 2.35. The molecule has 0 bridgehead atoms. The number of nitrogens with one attached hydrogen (secondary N) is 1. The van der Waals surface area contributed by atoms with Gasteiger partial charge in [-0.15, -0.1) is 0 Å². The monoisotopic (exact) mass is 377 g/mol. The van der Waals surface area contributed by atoms with Gasteiger partial charge in [-0.25, -0.2) is 0 Å². The smallest absolute Gasteiger partial charge is 0.187 e. The van der Waals surface area contributed by atoms with Crippen molar-refractivity contribution < 1.29 is 23.7 Å². The van der Waals surface area contributed by atoms with E-state index in [1.54, 1.807) is 30.3 Å². The van der Waals surface area contributed by atoms with Gasteiger partial charge in [0.25, 0.3) is 0 Å². The summed E-state index contributed by atoms with van der Waals surface area (Å²) in [5, 5.41) is 3.41. The molecule has 6 nitrogen and oxygen atoms in total. The Morgan fingerprint density at radius 3 is 2.15 bits per heavy atom. The van der Waals surface area contributed by atoms with Crippen LogP contribution in [0.25, 0.3) is 0 Å². The molecule has 7 heteroatoms. The maximum Gasteiger partial charge on any atom is 0.187 e. The van der Waals surface area contributed by atoms with Gasteiger partial charge < -0.3 is 24.3 Å². The molecule has 26 heavy (non-hydrogen) atoms. The van der Waals surface area contributed by atoms with Gasteiger partial charge in [-0.3, -0.25) is 4.79 Å². The predicted octanol–water partition coefficient (Wildman–Crippen LogP) is 4.18. The van der Waals surface area contributed by atoms with Crippen LogP contribution in [-0.2, 0) is 0 Å². The molecule has 0 amide bonds. The van der Waals surface area contributed by atoms with Crippen molar-refractivity contribution >= 4 is 23.1 Å². The van der Waals surface area contributed by atoms with E-state index in [-0.39, 0.29) is 5.78 Å². The Morgan fingerprint density at radius 1 is 0.885 bits per heavy atom. The van der Waals surface area contributed by atoms with E-state index in [0.29, 0.717) is 39.3 Å². The highest BCUT2D eigenvalue weighted by molar-refractivity contribution is 6.32. The number of hydrogen-bond donors (Lipinski definition) is 1. The van der Waals surface area contributed by atoms with Gasteiger partial charge in [0.2, 0.25) is 0 Å². The first-order chi connectivity index (χ1) is 12.5. The molecule has 2 rings (SSSR count). The first-order valence-corrected chi connectivity index (χ1v) is 8.02. The van der Waals surface area contributed by atoms with Crippen molar-refractivity contribution in [2.24, 2.45) is 0 Å². The normalized spacial score (nSPS) is 10.5. The highest BCUT2D eigenvalue weighted by Gasteiger charge is 2.10. The molecule has 0 spiro atoms. The van der Waals surface area contributed by atoms with Crippen molar-refractivity contribution in [2.45, 2.75) is 0 Å². The Bertz CT molecular complexity index is 820. The van der Waals surface area contributed by atoms with Crippen molar-refractivity contribution in [3.8, 4) is 23.0 Å². The van der Waals surface area contributed by atoms with Gasteiger partial charge in [0, 0.05) is 23.9 Å². The number of methoxy groups -OCH3 is 4. The number of carbonyl (C=O) groups is 1. The van der Waals surface area contributed by atoms with Crippen LogP contribution >= 0.6 is 11.6 Å². The predicted molar refractivity (Wildman–Crippen MR) is 101 cm³/mol. The molecular weight excluding hydrogens is 358 g/mol. The number of carbonyl (C=O) groups excluding carboxylic acids is 1. The molecule has 2 aromatic carbocycles. The molecule has 0 aliphatic rings. The summed E-state index contributed by atoms with van der Waals surface area (Å²) in [6.45, 7) is 0. The zero-order chi connectivity index (χ0) is 19.1. The van der Waals surface area contributed by atoms with Gasteiger partial charge in [0.05, 0.1) is 39.1 Å². The zero-order valence-corrected chi connectivity index (χ0v) is 15.7. The number of allylic oxidation sites excluding steroid dienone is 1. The first-order valence-electron chi connectivity index (χ1n) is 7.65. The Labute approximate surface area is 157 Å². The van der Waals surface area contributed by atoms with Crippen LogP contribution in [0.15, 0.2) is 42.6 Å². The summed E-state index contributed by atoms with van der Waals surface area (Å²) in [5.74, 6) is 1.89. The van der Waals surface area contributed by atoms with E-state index in [9.17, 15) is 4.79 Å². The fourth-order valence-corrected chi connectivity index (χ4v) is 2.51. The number of hydrogen-bond acceptors (Lipinski definition) is 6. The third-order valence-electron chi connectivity index (χ3n) is 3.62. The molecule has 0 atom stereocenters. The summed E-state index contributed by atoms with van der Waals surface area (Å²) >= 11 is 6.12. The fraction of sp³-hybridized carbons (Fsp3) is 0.211. The lowest BCUT2D eigenvalue weighted by molar-refractivity contribution is 0.104. The molecule has 0 heterocycles. The van der Waals surface area contributed by atoms with Crippen molar-refractivity contribution in [3.05, 3.63) is 53.2 Å². The second-order valence-electron chi connectivity index (χ2n) is 5.10. The third kappa shape index (κ3) is 4.40. The number of anilines is 1. The Kier molecular flexibility index (Phi) is 6.74. The van der Waals surface area contributed by atoms with Gasteiger partial charge in [0.15, 0.2) is 17.3 Å². The lowest BCUT2D eigenvalue weighted by Crippen LogP contribution is -1.99. The van der Waals surface area contributed by atoms with Crippen LogP contribution in [0.2, 0.25) is 5.02 Å². The minimum atomic E-state index is -0.197. The summed E-state index contributed by atoms with van der Waals surface area (Å²) < 4.78 is 20.8. The Balaban J connectivity index is 2.16. The maximum absolute atomic E-state index is 12.3. The summed E-state index contributed by atoms with van der Waals surface area (Å²) in [7, 11) is 6.11.